The van der Waals surface area contributed by atoms with Crippen molar-refractivity contribution in [3.8, 4) is 0 Å². The number of aryl methyl sites for hydroxylation is 2. The van der Waals surface area contributed by atoms with Gasteiger partial charge in [-0.05, 0) is 39.8 Å². The van der Waals surface area contributed by atoms with Crippen LogP contribution < -0.4 is 4.90 Å². The Kier molecular flexibility index (Phi) is 6.54. The Morgan fingerprint density at radius 2 is 2.07 bits per heavy atom. The summed E-state index contributed by atoms with van der Waals surface area (Å²) in [6.07, 6.45) is 2.28. The van der Waals surface area contributed by atoms with Crippen molar-refractivity contribution in [1.82, 2.24) is 9.88 Å². The van der Waals surface area contributed by atoms with Gasteiger partial charge in [-0.25, -0.2) is 4.98 Å². The van der Waals surface area contributed by atoms with Crippen LogP contribution in [-0.2, 0) is 4.79 Å². The molecule has 8 heteroatoms. The number of hydrogen-bond donors (Lipinski definition) is 2. The predicted molar refractivity (Wildman–Crippen MR) is 110 cm³/mol. The molecule has 0 aromatic carbocycles. The van der Waals surface area contributed by atoms with E-state index in [0.29, 0.717) is 22.9 Å². The van der Waals surface area contributed by atoms with Crippen LogP contribution in [0.5, 0.6) is 0 Å². The molecule has 1 aliphatic heterocycles. The topological polar surface area (TPSA) is 88.1 Å². The van der Waals surface area contributed by atoms with Crippen LogP contribution in [0.2, 0.25) is 0 Å². The van der Waals surface area contributed by atoms with Crippen molar-refractivity contribution in [1.29, 1.82) is 0 Å². The lowest BCUT2D eigenvalue weighted by molar-refractivity contribution is -0.896. The van der Waals surface area contributed by atoms with Crippen molar-refractivity contribution in [3.63, 3.8) is 0 Å². The monoisotopic (exact) mass is 418 g/mol. The van der Waals surface area contributed by atoms with Gasteiger partial charge < -0.3 is 19.3 Å². The van der Waals surface area contributed by atoms with Crippen LogP contribution in [0.25, 0.3) is 0 Å². The number of nitrogens with zero attached hydrogens (tertiary/aromatic N) is 2. The van der Waals surface area contributed by atoms with Crippen molar-refractivity contribution >= 4 is 23.0 Å². The van der Waals surface area contributed by atoms with Crippen LogP contribution in [-0.4, -0.2) is 52.9 Å². The minimum Gasteiger partial charge on any atom is -0.503 e. The first-order valence-corrected chi connectivity index (χ1v) is 10.8. The second kappa shape index (κ2) is 8.92. The lowest BCUT2D eigenvalue weighted by Crippen LogP contribution is -3.11. The molecule has 0 bridgehead atoms. The predicted octanol–water partition coefficient (Wildman–Crippen LogP) is 2.25. The molecule has 2 aromatic heterocycles. The molecule has 3 rings (SSSR count). The minimum atomic E-state index is -0.724. The molecule has 1 atom stereocenters. The molecule has 0 unspecified atom stereocenters. The summed E-state index contributed by atoms with van der Waals surface area (Å²) in [5.74, 6) is -0.905. The van der Waals surface area contributed by atoms with E-state index in [4.69, 9.17) is 4.42 Å². The maximum atomic E-state index is 13.3. The van der Waals surface area contributed by atoms with E-state index in [1.165, 1.54) is 22.5 Å². The van der Waals surface area contributed by atoms with E-state index in [2.05, 4.69) is 18.8 Å². The quantitative estimate of drug-likeness (QED) is 0.610. The molecule has 1 amide bonds. The van der Waals surface area contributed by atoms with Crippen LogP contribution in [0.15, 0.2) is 34.1 Å². The number of rotatable bonds is 9. The summed E-state index contributed by atoms with van der Waals surface area (Å²) < 4.78 is 5.56. The van der Waals surface area contributed by atoms with Crippen molar-refractivity contribution in [2.75, 3.05) is 26.2 Å². The number of nitrogens with one attached hydrogen (secondary N) is 1. The SMILES string of the molecule is CC[NH+](CC)CCCN1C(=O)C(O)=C(C(=O)c2sc(C)nc2C)[C@@H]1c1ccco1. The summed E-state index contributed by atoms with van der Waals surface area (Å²) >= 11 is 1.27. The third kappa shape index (κ3) is 4.13. The molecule has 156 valence electrons. The lowest BCUT2D eigenvalue weighted by Gasteiger charge is -2.25. The molecular formula is C21H28N3O4S+. The van der Waals surface area contributed by atoms with Crippen LogP contribution in [0.1, 0.15) is 52.4 Å². The van der Waals surface area contributed by atoms with Gasteiger partial charge in [-0.1, -0.05) is 0 Å². The average molecular weight is 419 g/mol. The molecule has 2 aromatic rings. The standard InChI is InChI=1S/C21H27N3O4S/c1-5-23(6-2)10-8-11-24-17(15-9-7-12-28-15)16(19(26)21(24)27)18(25)20-13(3)22-14(4)29-20/h7,9,12,17,26H,5-6,8,10-11H2,1-4H3/p+1/t17-/m0/s1. The molecule has 2 N–H and O–H groups in total. The number of aromatic nitrogens is 1. The first kappa shape index (κ1) is 21.3. The van der Waals surface area contributed by atoms with E-state index < -0.39 is 17.7 Å². The maximum absolute atomic E-state index is 13.3. The number of furan rings is 1. The van der Waals surface area contributed by atoms with Crippen LogP contribution >= 0.6 is 11.3 Å². The number of aliphatic hydroxyl groups is 1. The highest BCUT2D eigenvalue weighted by Gasteiger charge is 2.45. The fourth-order valence-corrected chi connectivity index (χ4v) is 4.70. The molecule has 29 heavy (non-hydrogen) atoms. The summed E-state index contributed by atoms with van der Waals surface area (Å²) in [4.78, 5) is 33.9. The summed E-state index contributed by atoms with van der Waals surface area (Å²) in [5.41, 5.74) is 0.680. The smallest absolute Gasteiger partial charge is 0.290 e. The van der Waals surface area contributed by atoms with Crippen molar-refractivity contribution in [2.24, 2.45) is 0 Å². The summed E-state index contributed by atoms with van der Waals surface area (Å²) in [6, 6.07) is 2.73. The lowest BCUT2D eigenvalue weighted by atomic mass is 9.99. The Morgan fingerprint density at radius 3 is 2.62 bits per heavy atom. The van der Waals surface area contributed by atoms with Gasteiger partial charge in [-0.2, -0.15) is 0 Å². The number of quaternary nitrogens is 1. The van der Waals surface area contributed by atoms with Gasteiger partial charge >= 0.3 is 0 Å². The normalized spacial score (nSPS) is 17.1. The molecule has 0 saturated carbocycles. The zero-order valence-corrected chi connectivity index (χ0v) is 18.1. The average Bonchev–Trinajstić information content (AvgIpc) is 3.39. The van der Waals surface area contributed by atoms with E-state index in [1.54, 1.807) is 24.0 Å². The van der Waals surface area contributed by atoms with E-state index in [-0.39, 0.29) is 11.4 Å². The first-order valence-electron chi connectivity index (χ1n) is 9.98. The fraction of sp³-hybridized carbons (Fsp3) is 0.476. The largest absolute Gasteiger partial charge is 0.503 e. The zero-order chi connectivity index (χ0) is 21.1. The Labute approximate surface area is 174 Å². The number of thiazole rings is 1. The molecule has 7 nitrogen and oxygen atoms in total. The third-order valence-corrected chi connectivity index (χ3v) is 6.47. The van der Waals surface area contributed by atoms with Gasteiger partial charge in [0.1, 0.15) is 11.8 Å². The van der Waals surface area contributed by atoms with E-state index in [1.807, 2.05) is 6.92 Å². The summed E-state index contributed by atoms with van der Waals surface area (Å²) in [6.45, 7) is 11.2. The van der Waals surface area contributed by atoms with E-state index >= 15 is 0 Å². The van der Waals surface area contributed by atoms with Gasteiger partial charge in [-0.3, -0.25) is 9.59 Å². The van der Waals surface area contributed by atoms with Crippen LogP contribution in [0.3, 0.4) is 0 Å². The molecule has 1 aliphatic rings. The third-order valence-electron chi connectivity index (χ3n) is 5.40. The number of amides is 1. The second-order valence-corrected chi connectivity index (χ2v) is 8.42. The highest BCUT2D eigenvalue weighted by Crippen LogP contribution is 2.40. The molecule has 3 heterocycles. The molecule has 0 radical (unpaired) electrons. The van der Waals surface area contributed by atoms with Crippen LogP contribution in [0, 0.1) is 13.8 Å². The first-order chi connectivity index (χ1) is 13.9. The van der Waals surface area contributed by atoms with Gasteiger partial charge in [0.2, 0.25) is 5.78 Å². The number of Topliss-reactive ketones (excluding diaryl/α,β-unsaturated/α-hetero) is 1. The minimum absolute atomic E-state index is 0.0758. The molecule has 0 saturated heterocycles. The van der Waals surface area contributed by atoms with Crippen molar-refractivity contribution < 1.29 is 24.0 Å². The molecule has 0 fully saturated rings. The number of ketones is 1. The Hall–Kier alpha value is -2.45. The number of hydrogen-bond acceptors (Lipinski definition) is 6. The highest BCUT2D eigenvalue weighted by molar-refractivity contribution is 7.14. The Balaban J connectivity index is 1.91. The van der Waals surface area contributed by atoms with Crippen LogP contribution in [0.4, 0.5) is 0 Å². The Bertz CT molecular complexity index is 913. The molecule has 0 spiro atoms. The zero-order valence-electron chi connectivity index (χ0n) is 17.3. The molecule has 0 aliphatic carbocycles. The number of carbonyl (C=O) groups excluding carboxylic acids is 2. The van der Waals surface area contributed by atoms with Gasteiger partial charge in [0, 0.05) is 13.0 Å². The summed E-state index contributed by atoms with van der Waals surface area (Å²) in [5, 5.41) is 11.4. The maximum Gasteiger partial charge on any atom is 0.290 e. The van der Waals surface area contributed by atoms with Crippen molar-refractivity contribution in [2.45, 2.75) is 40.2 Å². The number of carbonyl (C=O) groups is 2. The Morgan fingerprint density at radius 1 is 1.34 bits per heavy atom. The van der Waals surface area contributed by atoms with E-state index in [0.717, 1.165) is 31.1 Å². The fourth-order valence-electron chi connectivity index (χ4n) is 3.83. The second-order valence-electron chi connectivity index (χ2n) is 7.22. The van der Waals surface area contributed by atoms with Gasteiger partial charge in [0.25, 0.3) is 5.91 Å². The van der Waals surface area contributed by atoms with Gasteiger partial charge in [0.05, 0.1) is 47.0 Å². The summed E-state index contributed by atoms with van der Waals surface area (Å²) in [7, 11) is 0. The van der Waals surface area contributed by atoms with Gasteiger partial charge in [-0.15, -0.1) is 11.3 Å². The molecular weight excluding hydrogens is 390 g/mol. The highest BCUT2D eigenvalue weighted by atomic mass is 32.1. The number of aliphatic hydroxyl groups excluding tert-OH is 1. The van der Waals surface area contributed by atoms with Crippen molar-refractivity contribution in [3.05, 3.63) is 51.1 Å². The van der Waals surface area contributed by atoms with E-state index in [9.17, 15) is 14.7 Å². The van der Waals surface area contributed by atoms with Gasteiger partial charge in [0.15, 0.2) is 5.76 Å².